The number of rotatable bonds is 9. The molecule has 1 amide bonds. The van der Waals surface area contributed by atoms with Gasteiger partial charge in [0.05, 0.1) is 11.1 Å². The smallest absolute Gasteiger partial charge is 0.243 e. The van der Waals surface area contributed by atoms with E-state index in [1.165, 1.54) is 10.5 Å². The summed E-state index contributed by atoms with van der Waals surface area (Å²) in [7, 11) is -3.50. The zero-order valence-corrected chi connectivity index (χ0v) is 20.1. The Morgan fingerprint density at radius 1 is 1.18 bits per heavy atom. The number of hydrogen-bond donors (Lipinski definition) is 1. The summed E-state index contributed by atoms with van der Waals surface area (Å²) in [4.78, 5) is 17.1. The summed E-state index contributed by atoms with van der Waals surface area (Å²) in [5, 5.41) is 16.3. The second-order valence-electron chi connectivity index (χ2n) is 7.68. The third-order valence-electron chi connectivity index (χ3n) is 5.69. The van der Waals surface area contributed by atoms with Crippen molar-refractivity contribution in [2.45, 2.75) is 52.0 Å². The van der Waals surface area contributed by atoms with E-state index in [0.717, 1.165) is 22.5 Å². The third kappa shape index (κ3) is 5.05. The number of carbonyl (C=O) groups excluding carboxylic acids is 1. The van der Waals surface area contributed by atoms with E-state index in [4.69, 9.17) is 0 Å². The van der Waals surface area contributed by atoms with E-state index in [-0.39, 0.29) is 17.2 Å². The number of sulfonamides is 1. The van der Waals surface area contributed by atoms with Gasteiger partial charge in [-0.1, -0.05) is 26.0 Å². The maximum Gasteiger partial charge on any atom is 0.243 e. The van der Waals surface area contributed by atoms with Crippen LogP contribution in [0.1, 0.15) is 48.3 Å². The van der Waals surface area contributed by atoms with E-state index in [1.807, 2.05) is 13.8 Å². The van der Waals surface area contributed by atoms with Gasteiger partial charge in [0.1, 0.15) is 11.6 Å². The average Bonchev–Trinajstić information content (AvgIpc) is 3.21. The van der Waals surface area contributed by atoms with E-state index in [9.17, 15) is 18.5 Å². The summed E-state index contributed by atoms with van der Waals surface area (Å²) in [6, 6.07) is 8.66. The molecule has 0 radical (unpaired) electrons. The molecule has 2 aromatic heterocycles. The zero-order valence-electron chi connectivity index (χ0n) is 19.3. The molecule has 0 unspecified atom stereocenters. The number of nitriles is 1. The lowest BCUT2D eigenvalue weighted by Gasteiger charge is -2.18. The first-order valence-electron chi connectivity index (χ1n) is 10.8. The SMILES string of the molecule is CCN(CC)S(=O)(=O)c1ccc(CNC(=O)CCc2c(C)nc3c(C#N)cnn3c2C)cc1. The van der Waals surface area contributed by atoms with Gasteiger partial charge in [0.25, 0.3) is 0 Å². The maximum absolute atomic E-state index is 12.6. The van der Waals surface area contributed by atoms with E-state index in [2.05, 4.69) is 21.5 Å². The highest BCUT2D eigenvalue weighted by molar-refractivity contribution is 7.89. The highest BCUT2D eigenvalue weighted by atomic mass is 32.2. The van der Waals surface area contributed by atoms with Crippen LogP contribution in [0.15, 0.2) is 35.4 Å². The molecule has 0 atom stereocenters. The van der Waals surface area contributed by atoms with Crippen molar-refractivity contribution in [3.8, 4) is 6.07 Å². The first-order chi connectivity index (χ1) is 15.7. The highest BCUT2D eigenvalue weighted by Gasteiger charge is 2.21. The van der Waals surface area contributed by atoms with Gasteiger partial charge in [0, 0.05) is 37.4 Å². The lowest BCUT2D eigenvalue weighted by atomic mass is 10.1. The number of amides is 1. The Bertz CT molecular complexity index is 1300. The second kappa shape index (κ2) is 10.1. The van der Waals surface area contributed by atoms with Crippen molar-refractivity contribution in [1.82, 2.24) is 24.2 Å². The second-order valence-corrected chi connectivity index (χ2v) is 9.61. The predicted molar refractivity (Wildman–Crippen MR) is 124 cm³/mol. The van der Waals surface area contributed by atoms with E-state index >= 15 is 0 Å². The zero-order chi connectivity index (χ0) is 24.2. The molecule has 9 nitrogen and oxygen atoms in total. The van der Waals surface area contributed by atoms with Crippen LogP contribution in [0.3, 0.4) is 0 Å². The molecule has 3 aromatic rings. The van der Waals surface area contributed by atoms with Crippen molar-refractivity contribution in [1.29, 1.82) is 5.26 Å². The third-order valence-corrected chi connectivity index (χ3v) is 7.75. The van der Waals surface area contributed by atoms with Crippen molar-refractivity contribution in [2.75, 3.05) is 13.1 Å². The maximum atomic E-state index is 12.6. The summed E-state index contributed by atoms with van der Waals surface area (Å²) in [5.41, 5.74) is 4.31. The minimum Gasteiger partial charge on any atom is -0.352 e. The Kier molecular flexibility index (Phi) is 7.46. The number of fused-ring (bicyclic) bond motifs is 1. The molecule has 3 rings (SSSR count). The molecule has 33 heavy (non-hydrogen) atoms. The average molecular weight is 469 g/mol. The van der Waals surface area contributed by atoms with Gasteiger partial charge in [-0.05, 0) is 43.5 Å². The molecule has 0 spiro atoms. The van der Waals surface area contributed by atoms with Gasteiger partial charge in [-0.3, -0.25) is 4.79 Å². The van der Waals surface area contributed by atoms with Crippen LogP contribution in [-0.4, -0.2) is 46.3 Å². The van der Waals surface area contributed by atoms with E-state index in [1.54, 1.807) is 42.6 Å². The van der Waals surface area contributed by atoms with Gasteiger partial charge in [-0.25, -0.2) is 17.9 Å². The molecule has 1 aromatic carbocycles. The molecule has 0 bridgehead atoms. The van der Waals surface area contributed by atoms with Crippen LogP contribution < -0.4 is 5.32 Å². The van der Waals surface area contributed by atoms with Crippen LogP contribution in [0.2, 0.25) is 0 Å². The van der Waals surface area contributed by atoms with Gasteiger partial charge in [-0.2, -0.15) is 14.7 Å². The molecule has 10 heteroatoms. The fourth-order valence-electron chi connectivity index (χ4n) is 3.77. The fourth-order valence-corrected chi connectivity index (χ4v) is 5.23. The normalized spacial score (nSPS) is 11.6. The van der Waals surface area contributed by atoms with Gasteiger partial charge >= 0.3 is 0 Å². The number of aryl methyl sites for hydroxylation is 2. The lowest BCUT2D eigenvalue weighted by molar-refractivity contribution is -0.121. The minimum atomic E-state index is -3.50. The van der Waals surface area contributed by atoms with Crippen molar-refractivity contribution < 1.29 is 13.2 Å². The number of nitrogens with zero attached hydrogens (tertiary/aromatic N) is 5. The fraction of sp³-hybridized carbons (Fsp3) is 0.391. The molecular formula is C23H28N6O3S. The molecule has 0 saturated heterocycles. The predicted octanol–water partition coefficient (Wildman–Crippen LogP) is 2.50. The molecule has 0 aliphatic heterocycles. The quantitative estimate of drug-likeness (QED) is 0.515. The highest BCUT2D eigenvalue weighted by Crippen LogP contribution is 2.19. The molecule has 2 heterocycles. The van der Waals surface area contributed by atoms with Crippen LogP contribution in [0, 0.1) is 25.2 Å². The number of benzene rings is 1. The Morgan fingerprint density at radius 2 is 1.85 bits per heavy atom. The first kappa shape index (κ1) is 24.4. The van der Waals surface area contributed by atoms with Gasteiger partial charge in [0.15, 0.2) is 5.65 Å². The van der Waals surface area contributed by atoms with Crippen LogP contribution >= 0.6 is 0 Å². The largest absolute Gasteiger partial charge is 0.352 e. The van der Waals surface area contributed by atoms with Gasteiger partial charge < -0.3 is 5.32 Å². The van der Waals surface area contributed by atoms with E-state index < -0.39 is 10.0 Å². The molecule has 1 N–H and O–H groups in total. The van der Waals surface area contributed by atoms with Crippen molar-refractivity contribution in [3.63, 3.8) is 0 Å². The Balaban J connectivity index is 1.61. The summed E-state index contributed by atoms with van der Waals surface area (Å²) >= 11 is 0. The molecule has 0 saturated carbocycles. The summed E-state index contributed by atoms with van der Waals surface area (Å²) < 4.78 is 28.2. The lowest BCUT2D eigenvalue weighted by Crippen LogP contribution is -2.30. The number of nitrogens with one attached hydrogen (secondary N) is 1. The van der Waals surface area contributed by atoms with Crippen LogP contribution in [0.4, 0.5) is 0 Å². The van der Waals surface area contributed by atoms with E-state index in [0.29, 0.717) is 37.3 Å². The Morgan fingerprint density at radius 3 is 2.45 bits per heavy atom. The monoisotopic (exact) mass is 468 g/mol. The van der Waals surface area contributed by atoms with Gasteiger partial charge in [0.2, 0.25) is 15.9 Å². The summed E-state index contributed by atoms with van der Waals surface area (Å²) in [6.45, 7) is 8.51. The Labute approximate surface area is 194 Å². The number of carbonyl (C=O) groups is 1. The van der Waals surface area contributed by atoms with Crippen LogP contribution in [-0.2, 0) is 27.8 Å². The summed E-state index contributed by atoms with van der Waals surface area (Å²) in [6.07, 6.45) is 2.26. The number of aromatic nitrogens is 3. The van der Waals surface area contributed by atoms with Crippen molar-refractivity contribution >= 4 is 21.6 Å². The minimum absolute atomic E-state index is 0.119. The van der Waals surface area contributed by atoms with Crippen molar-refractivity contribution in [3.05, 3.63) is 58.5 Å². The van der Waals surface area contributed by atoms with Crippen LogP contribution in [0.5, 0.6) is 0 Å². The Hall–Kier alpha value is -3.29. The molecule has 174 valence electrons. The molecule has 0 fully saturated rings. The molecule has 0 aliphatic carbocycles. The standard InChI is InChI=1S/C23H28N6O3S/c1-5-28(6-2)33(31,32)20-9-7-18(8-10-20)14-25-22(30)12-11-21-16(3)27-23-19(13-24)15-26-29(23)17(21)4/h7-10,15H,5-6,11-12,14H2,1-4H3,(H,25,30). The summed E-state index contributed by atoms with van der Waals surface area (Å²) in [5.74, 6) is -0.119. The van der Waals surface area contributed by atoms with Crippen molar-refractivity contribution in [2.24, 2.45) is 0 Å². The van der Waals surface area contributed by atoms with Gasteiger partial charge in [-0.15, -0.1) is 0 Å². The topological polar surface area (TPSA) is 120 Å². The van der Waals surface area contributed by atoms with Crippen LogP contribution in [0.25, 0.3) is 5.65 Å². The molecule has 0 aliphatic rings. The molecular weight excluding hydrogens is 440 g/mol. The first-order valence-corrected chi connectivity index (χ1v) is 12.3. The number of hydrogen-bond acceptors (Lipinski definition) is 6.